The fourth-order valence-corrected chi connectivity index (χ4v) is 3.10. The van der Waals surface area contributed by atoms with Crippen LogP contribution in [0.3, 0.4) is 0 Å². The van der Waals surface area contributed by atoms with Gasteiger partial charge in [-0.05, 0) is 48.7 Å². The summed E-state index contributed by atoms with van der Waals surface area (Å²) in [6.45, 7) is 2.26. The van der Waals surface area contributed by atoms with Crippen LogP contribution in [0, 0.1) is 5.41 Å². The van der Waals surface area contributed by atoms with Gasteiger partial charge in [-0.3, -0.25) is 14.6 Å². The maximum Gasteiger partial charge on any atom is 0.416 e. The SMILES string of the molecule is CC1(C(N)=O)CCN(C(=O)c2cc(-c3cccc(C(F)(F)F)c3)ccn2)C1. The maximum atomic E-state index is 12.9. The van der Waals surface area contributed by atoms with Gasteiger partial charge < -0.3 is 10.6 Å². The molecule has 2 heterocycles. The number of carbonyl (C=O) groups is 2. The van der Waals surface area contributed by atoms with E-state index in [-0.39, 0.29) is 18.1 Å². The molecule has 2 aromatic rings. The zero-order valence-corrected chi connectivity index (χ0v) is 14.6. The second-order valence-corrected chi connectivity index (χ2v) is 6.91. The number of nitrogens with two attached hydrogens (primary N) is 1. The number of aromatic nitrogens is 1. The molecular formula is C19H18F3N3O2. The molecule has 1 fully saturated rings. The molecule has 1 aromatic carbocycles. The van der Waals surface area contributed by atoms with Crippen LogP contribution in [0.15, 0.2) is 42.6 Å². The highest BCUT2D eigenvalue weighted by Crippen LogP contribution is 2.33. The quantitative estimate of drug-likeness (QED) is 0.893. The first-order valence-electron chi connectivity index (χ1n) is 8.33. The third-order valence-corrected chi connectivity index (χ3v) is 4.86. The molecule has 142 valence electrons. The van der Waals surface area contributed by atoms with Crippen LogP contribution in [0.5, 0.6) is 0 Å². The van der Waals surface area contributed by atoms with Gasteiger partial charge in [-0.25, -0.2) is 0 Å². The zero-order chi connectivity index (χ0) is 19.8. The van der Waals surface area contributed by atoms with Gasteiger partial charge in [0.15, 0.2) is 0 Å². The highest BCUT2D eigenvalue weighted by Gasteiger charge is 2.41. The van der Waals surface area contributed by atoms with Crippen LogP contribution in [0.2, 0.25) is 0 Å². The summed E-state index contributed by atoms with van der Waals surface area (Å²) in [7, 11) is 0. The number of nitrogens with zero attached hydrogens (tertiary/aromatic N) is 2. The maximum absolute atomic E-state index is 12.9. The fourth-order valence-electron chi connectivity index (χ4n) is 3.10. The van der Waals surface area contributed by atoms with Crippen LogP contribution in [0.4, 0.5) is 13.2 Å². The third-order valence-electron chi connectivity index (χ3n) is 4.86. The Bertz CT molecular complexity index is 898. The Labute approximate surface area is 154 Å². The number of likely N-dealkylation sites (tertiary alicyclic amines) is 1. The van der Waals surface area contributed by atoms with Gasteiger partial charge in [0.05, 0.1) is 11.0 Å². The van der Waals surface area contributed by atoms with Crippen molar-refractivity contribution in [2.24, 2.45) is 11.1 Å². The first-order chi connectivity index (χ1) is 12.6. The van der Waals surface area contributed by atoms with Crippen molar-refractivity contribution in [3.63, 3.8) is 0 Å². The van der Waals surface area contributed by atoms with Crippen molar-refractivity contribution in [2.75, 3.05) is 13.1 Å². The monoisotopic (exact) mass is 377 g/mol. The predicted molar refractivity (Wildman–Crippen MR) is 92.5 cm³/mol. The second-order valence-electron chi connectivity index (χ2n) is 6.91. The number of hydrogen-bond acceptors (Lipinski definition) is 3. The standard InChI is InChI=1S/C19H18F3N3O2/c1-18(17(23)27)6-8-25(11-18)16(26)15-10-13(5-7-24-15)12-3-2-4-14(9-12)19(20,21)22/h2-5,7,9-10H,6,8,11H2,1H3,(H2,23,27). The lowest BCUT2D eigenvalue weighted by Gasteiger charge is -2.21. The predicted octanol–water partition coefficient (Wildman–Crippen LogP) is 3.10. The summed E-state index contributed by atoms with van der Waals surface area (Å²) >= 11 is 0. The molecule has 1 aliphatic heterocycles. The lowest BCUT2D eigenvalue weighted by atomic mass is 9.89. The van der Waals surface area contributed by atoms with Crippen LogP contribution in [-0.4, -0.2) is 34.8 Å². The Balaban J connectivity index is 1.87. The largest absolute Gasteiger partial charge is 0.416 e. The van der Waals surface area contributed by atoms with Crippen molar-refractivity contribution in [1.82, 2.24) is 9.88 Å². The molecule has 3 rings (SSSR count). The van der Waals surface area contributed by atoms with E-state index in [1.165, 1.54) is 23.2 Å². The average Bonchev–Trinajstić information content (AvgIpc) is 3.04. The smallest absolute Gasteiger partial charge is 0.369 e. The number of hydrogen-bond donors (Lipinski definition) is 1. The summed E-state index contributed by atoms with van der Waals surface area (Å²) in [6, 6.07) is 7.88. The molecule has 1 aliphatic rings. The van der Waals surface area contributed by atoms with Gasteiger partial charge in [0.25, 0.3) is 5.91 Å². The van der Waals surface area contributed by atoms with E-state index < -0.39 is 23.1 Å². The van der Waals surface area contributed by atoms with Crippen molar-refractivity contribution < 1.29 is 22.8 Å². The summed E-state index contributed by atoms with van der Waals surface area (Å²) in [5, 5.41) is 0. The number of pyridine rings is 1. The average molecular weight is 377 g/mol. The Morgan fingerprint density at radius 2 is 1.89 bits per heavy atom. The molecule has 0 spiro atoms. The van der Waals surface area contributed by atoms with Crippen molar-refractivity contribution in [2.45, 2.75) is 19.5 Å². The third kappa shape index (κ3) is 3.79. The van der Waals surface area contributed by atoms with Crippen molar-refractivity contribution in [3.8, 4) is 11.1 Å². The molecule has 0 bridgehead atoms. The van der Waals surface area contributed by atoms with E-state index in [1.807, 2.05) is 0 Å². The molecule has 1 aromatic heterocycles. The Morgan fingerprint density at radius 1 is 1.19 bits per heavy atom. The number of alkyl halides is 3. The molecule has 5 nitrogen and oxygen atoms in total. The molecule has 1 saturated heterocycles. The Hall–Kier alpha value is -2.90. The van der Waals surface area contributed by atoms with E-state index in [0.29, 0.717) is 24.1 Å². The molecule has 0 radical (unpaired) electrons. The molecule has 0 saturated carbocycles. The molecule has 2 amide bonds. The van der Waals surface area contributed by atoms with Crippen molar-refractivity contribution in [1.29, 1.82) is 0 Å². The number of amides is 2. The van der Waals surface area contributed by atoms with E-state index in [0.717, 1.165) is 12.1 Å². The minimum absolute atomic E-state index is 0.110. The summed E-state index contributed by atoms with van der Waals surface area (Å²) in [4.78, 5) is 29.8. The van der Waals surface area contributed by atoms with Crippen LogP contribution in [0.1, 0.15) is 29.4 Å². The van der Waals surface area contributed by atoms with Gasteiger partial charge in [-0.15, -0.1) is 0 Å². The van der Waals surface area contributed by atoms with Crippen LogP contribution in [0.25, 0.3) is 11.1 Å². The lowest BCUT2D eigenvalue weighted by Crippen LogP contribution is -2.38. The zero-order valence-electron chi connectivity index (χ0n) is 14.6. The summed E-state index contributed by atoms with van der Waals surface area (Å²) < 4.78 is 38.8. The summed E-state index contributed by atoms with van der Waals surface area (Å²) in [5.41, 5.74) is 4.75. The number of rotatable bonds is 3. The van der Waals surface area contributed by atoms with E-state index in [2.05, 4.69) is 4.98 Å². The minimum Gasteiger partial charge on any atom is -0.369 e. The van der Waals surface area contributed by atoms with Gasteiger partial charge in [0.1, 0.15) is 5.69 Å². The van der Waals surface area contributed by atoms with Crippen LogP contribution < -0.4 is 5.73 Å². The van der Waals surface area contributed by atoms with Gasteiger partial charge in [-0.2, -0.15) is 13.2 Å². The Morgan fingerprint density at radius 3 is 2.52 bits per heavy atom. The van der Waals surface area contributed by atoms with Crippen molar-refractivity contribution in [3.05, 3.63) is 53.9 Å². The molecule has 8 heteroatoms. The van der Waals surface area contributed by atoms with Gasteiger partial charge in [0.2, 0.25) is 5.91 Å². The molecule has 1 atom stereocenters. The van der Waals surface area contributed by atoms with Crippen molar-refractivity contribution >= 4 is 11.8 Å². The normalized spacial score (nSPS) is 19.9. The highest BCUT2D eigenvalue weighted by molar-refractivity contribution is 5.94. The van der Waals surface area contributed by atoms with E-state index in [9.17, 15) is 22.8 Å². The number of halogens is 3. The first kappa shape index (κ1) is 18.9. The summed E-state index contributed by atoms with van der Waals surface area (Å²) in [5.74, 6) is -0.850. The highest BCUT2D eigenvalue weighted by atomic mass is 19.4. The van der Waals surface area contributed by atoms with Gasteiger partial charge in [0, 0.05) is 19.3 Å². The van der Waals surface area contributed by atoms with E-state index >= 15 is 0 Å². The van der Waals surface area contributed by atoms with E-state index in [4.69, 9.17) is 5.73 Å². The molecule has 2 N–H and O–H groups in total. The van der Waals surface area contributed by atoms with Crippen LogP contribution in [-0.2, 0) is 11.0 Å². The molecular weight excluding hydrogens is 359 g/mol. The van der Waals surface area contributed by atoms with Gasteiger partial charge >= 0.3 is 6.18 Å². The second kappa shape index (κ2) is 6.68. The molecule has 27 heavy (non-hydrogen) atoms. The first-order valence-corrected chi connectivity index (χ1v) is 8.33. The Kier molecular flexibility index (Phi) is 4.67. The fraction of sp³-hybridized carbons (Fsp3) is 0.316. The topological polar surface area (TPSA) is 76.3 Å². The molecule has 1 unspecified atom stereocenters. The van der Waals surface area contributed by atoms with E-state index in [1.54, 1.807) is 19.1 Å². The minimum atomic E-state index is -4.45. The van der Waals surface area contributed by atoms with Gasteiger partial charge in [-0.1, -0.05) is 12.1 Å². The lowest BCUT2D eigenvalue weighted by molar-refractivity contribution is -0.137. The van der Waals surface area contributed by atoms with Crippen LogP contribution >= 0.6 is 0 Å². The summed E-state index contributed by atoms with van der Waals surface area (Å²) in [6.07, 6.45) is -2.61. The number of carbonyl (C=O) groups excluding carboxylic acids is 2. The molecule has 0 aliphatic carbocycles. The number of primary amides is 1. The number of benzene rings is 1.